The number of rotatable bonds is 2. The van der Waals surface area contributed by atoms with Gasteiger partial charge in [0.15, 0.2) is 5.78 Å². The van der Waals surface area contributed by atoms with E-state index in [1.165, 1.54) is 12.4 Å². The zero-order chi connectivity index (χ0) is 10.7. The average molecular weight is 219 g/mol. The zero-order valence-electron chi connectivity index (χ0n) is 7.72. The minimum atomic E-state index is -0.104. The summed E-state index contributed by atoms with van der Waals surface area (Å²) in [6.07, 6.45) is 2.92. The van der Waals surface area contributed by atoms with Crippen LogP contribution in [0.15, 0.2) is 42.7 Å². The van der Waals surface area contributed by atoms with Crippen molar-refractivity contribution in [3.8, 4) is 0 Å². The molecule has 0 aliphatic carbocycles. The van der Waals surface area contributed by atoms with Crippen LogP contribution in [0, 0.1) is 0 Å². The highest BCUT2D eigenvalue weighted by molar-refractivity contribution is 6.31. The lowest BCUT2D eigenvalue weighted by atomic mass is 10.1. The topological polar surface area (TPSA) is 42.9 Å². The third-order valence-corrected chi connectivity index (χ3v) is 2.17. The van der Waals surface area contributed by atoms with Gasteiger partial charge in [-0.2, -0.15) is 10.2 Å². The predicted molar refractivity (Wildman–Crippen MR) is 56.9 cm³/mol. The fourth-order valence-electron chi connectivity index (χ4n) is 1.22. The average Bonchev–Trinajstić information content (AvgIpc) is 2.29. The molecule has 0 aliphatic heterocycles. The summed E-state index contributed by atoms with van der Waals surface area (Å²) < 4.78 is 0. The summed E-state index contributed by atoms with van der Waals surface area (Å²) in [6.45, 7) is 0. The van der Waals surface area contributed by atoms with Crippen LogP contribution in [0.3, 0.4) is 0 Å². The quantitative estimate of drug-likeness (QED) is 0.727. The maximum Gasteiger partial charge on any atom is 0.194 e. The standard InChI is InChI=1S/C11H7ClN2O/c12-10-3-1-2-8(6-10)11(15)9-4-5-13-14-7-9/h1-7H. The van der Waals surface area contributed by atoms with Gasteiger partial charge in [0.1, 0.15) is 0 Å². The smallest absolute Gasteiger partial charge is 0.194 e. The van der Waals surface area contributed by atoms with E-state index in [1.54, 1.807) is 30.3 Å². The Kier molecular flexibility index (Phi) is 2.74. The van der Waals surface area contributed by atoms with E-state index in [4.69, 9.17) is 11.6 Å². The van der Waals surface area contributed by atoms with Crippen molar-refractivity contribution in [1.29, 1.82) is 0 Å². The second-order valence-corrected chi connectivity index (χ2v) is 3.41. The lowest BCUT2D eigenvalue weighted by molar-refractivity contribution is 0.103. The predicted octanol–water partition coefficient (Wildman–Crippen LogP) is 2.36. The molecule has 0 aliphatic rings. The van der Waals surface area contributed by atoms with Gasteiger partial charge in [-0.15, -0.1) is 0 Å². The van der Waals surface area contributed by atoms with Gasteiger partial charge < -0.3 is 0 Å². The fourth-order valence-corrected chi connectivity index (χ4v) is 1.41. The van der Waals surface area contributed by atoms with Crippen LogP contribution in [-0.4, -0.2) is 16.0 Å². The first-order chi connectivity index (χ1) is 7.27. The number of hydrogen-bond donors (Lipinski definition) is 0. The number of ketones is 1. The Morgan fingerprint density at radius 2 is 2.00 bits per heavy atom. The summed E-state index contributed by atoms with van der Waals surface area (Å²) >= 11 is 5.80. The van der Waals surface area contributed by atoms with E-state index >= 15 is 0 Å². The Hall–Kier alpha value is -1.74. The van der Waals surface area contributed by atoms with Crippen molar-refractivity contribution >= 4 is 17.4 Å². The van der Waals surface area contributed by atoms with Gasteiger partial charge in [-0.3, -0.25) is 4.79 Å². The van der Waals surface area contributed by atoms with E-state index in [1.807, 2.05) is 0 Å². The van der Waals surface area contributed by atoms with Crippen molar-refractivity contribution in [3.05, 3.63) is 58.9 Å². The number of aromatic nitrogens is 2. The summed E-state index contributed by atoms with van der Waals surface area (Å²) in [6, 6.07) is 8.43. The lowest BCUT2D eigenvalue weighted by Gasteiger charge is -1.99. The van der Waals surface area contributed by atoms with E-state index in [0.717, 1.165) is 0 Å². The summed E-state index contributed by atoms with van der Waals surface area (Å²) in [4.78, 5) is 11.9. The second kappa shape index (κ2) is 4.19. The molecule has 0 bridgehead atoms. The summed E-state index contributed by atoms with van der Waals surface area (Å²) in [7, 11) is 0. The molecule has 2 aromatic rings. The van der Waals surface area contributed by atoms with Crippen molar-refractivity contribution in [3.63, 3.8) is 0 Å². The maximum atomic E-state index is 11.9. The molecule has 0 saturated carbocycles. The molecule has 4 heteroatoms. The van der Waals surface area contributed by atoms with Gasteiger partial charge in [-0.1, -0.05) is 23.7 Å². The Labute approximate surface area is 91.7 Å². The first kappa shape index (κ1) is 9.80. The number of halogens is 1. The van der Waals surface area contributed by atoms with Crippen LogP contribution in [-0.2, 0) is 0 Å². The Morgan fingerprint density at radius 1 is 1.13 bits per heavy atom. The highest BCUT2D eigenvalue weighted by atomic mass is 35.5. The molecule has 0 fully saturated rings. The Balaban J connectivity index is 2.37. The largest absolute Gasteiger partial charge is 0.289 e. The van der Waals surface area contributed by atoms with E-state index < -0.39 is 0 Å². The first-order valence-corrected chi connectivity index (χ1v) is 4.72. The fraction of sp³-hybridized carbons (Fsp3) is 0. The van der Waals surface area contributed by atoms with Crippen LogP contribution in [0.2, 0.25) is 5.02 Å². The number of carbonyl (C=O) groups excluding carboxylic acids is 1. The van der Waals surface area contributed by atoms with E-state index in [9.17, 15) is 4.79 Å². The summed E-state index contributed by atoms with van der Waals surface area (Å²) in [5, 5.41) is 7.80. The van der Waals surface area contributed by atoms with Crippen molar-refractivity contribution in [2.45, 2.75) is 0 Å². The number of benzene rings is 1. The third kappa shape index (κ3) is 2.19. The van der Waals surface area contributed by atoms with Crippen LogP contribution >= 0.6 is 11.6 Å². The number of carbonyl (C=O) groups is 1. The highest BCUT2D eigenvalue weighted by Gasteiger charge is 2.08. The van der Waals surface area contributed by atoms with Crippen molar-refractivity contribution < 1.29 is 4.79 Å². The molecular formula is C11H7ClN2O. The molecular weight excluding hydrogens is 212 g/mol. The van der Waals surface area contributed by atoms with Crippen molar-refractivity contribution in [2.75, 3.05) is 0 Å². The Bertz CT molecular complexity index is 485. The molecule has 1 aromatic heterocycles. The van der Waals surface area contributed by atoms with Crippen LogP contribution < -0.4 is 0 Å². The SMILES string of the molecule is O=C(c1ccnnc1)c1cccc(Cl)c1. The molecule has 0 N–H and O–H groups in total. The van der Waals surface area contributed by atoms with Gasteiger partial charge in [-0.05, 0) is 18.2 Å². The molecule has 15 heavy (non-hydrogen) atoms. The molecule has 1 heterocycles. The Morgan fingerprint density at radius 3 is 2.67 bits per heavy atom. The van der Waals surface area contributed by atoms with Crippen LogP contribution in [0.5, 0.6) is 0 Å². The molecule has 74 valence electrons. The van der Waals surface area contributed by atoms with Crippen molar-refractivity contribution in [2.24, 2.45) is 0 Å². The molecule has 0 spiro atoms. The first-order valence-electron chi connectivity index (χ1n) is 4.34. The molecule has 2 rings (SSSR count). The van der Waals surface area contributed by atoms with Gasteiger partial charge in [0.2, 0.25) is 0 Å². The van der Waals surface area contributed by atoms with E-state index in [-0.39, 0.29) is 5.78 Å². The maximum absolute atomic E-state index is 11.9. The number of nitrogens with zero attached hydrogens (tertiary/aromatic N) is 2. The molecule has 0 unspecified atom stereocenters. The van der Waals surface area contributed by atoms with Crippen LogP contribution in [0.4, 0.5) is 0 Å². The second-order valence-electron chi connectivity index (χ2n) is 2.97. The third-order valence-electron chi connectivity index (χ3n) is 1.93. The summed E-state index contributed by atoms with van der Waals surface area (Å²) in [5.74, 6) is -0.104. The minimum Gasteiger partial charge on any atom is -0.289 e. The van der Waals surface area contributed by atoms with E-state index in [0.29, 0.717) is 16.1 Å². The van der Waals surface area contributed by atoms with Gasteiger partial charge in [-0.25, -0.2) is 0 Å². The molecule has 1 aromatic carbocycles. The monoisotopic (exact) mass is 218 g/mol. The zero-order valence-corrected chi connectivity index (χ0v) is 8.48. The molecule has 0 saturated heterocycles. The highest BCUT2D eigenvalue weighted by Crippen LogP contribution is 2.13. The lowest BCUT2D eigenvalue weighted by Crippen LogP contribution is -2.01. The van der Waals surface area contributed by atoms with Gasteiger partial charge in [0.05, 0.1) is 12.4 Å². The minimum absolute atomic E-state index is 0.104. The van der Waals surface area contributed by atoms with Gasteiger partial charge in [0.25, 0.3) is 0 Å². The number of hydrogen-bond acceptors (Lipinski definition) is 3. The normalized spacial score (nSPS) is 9.93. The van der Waals surface area contributed by atoms with Crippen molar-refractivity contribution in [1.82, 2.24) is 10.2 Å². The van der Waals surface area contributed by atoms with Crippen LogP contribution in [0.1, 0.15) is 15.9 Å². The molecule has 3 nitrogen and oxygen atoms in total. The van der Waals surface area contributed by atoms with E-state index in [2.05, 4.69) is 10.2 Å². The molecule has 0 amide bonds. The molecule has 0 radical (unpaired) electrons. The summed E-state index contributed by atoms with van der Waals surface area (Å²) in [5.41, 5.74) is 1.06. The van der Waals surface area contributed by atoms with Gasteiger partial charge in [0, 0.05) is 16.1 Å². The molecule has 0 atom stereocenters. The van der Waals surface area contributed by atoms with Crippen LogP contribution in [0.25, 0.3) is 0 Å². The van der Waals surface area contributed by atoms with Gasteiger partial charge >= 0.3 is 0 Å².